The number of halogens is 2. The first-order valence-electron chi connectivity index (χ1n) is 16.0. The molecule has 0 unspecified atom stereocenters. The van der Waals surface area contributed by atoms with Crippen LogP contribution < -0.4 is 0 Å². The molecule has 0 aromatic heterocycles. The summed E-state index contributed by atoms with van der Waals surface area (Å²) in [7, 11) is 0. The van der Waals surface area contributed by atoms with E-state index in [9.17, 15) is 19.8 Å². The third-order valence-electron chi connectivity index (χ3n) is 8.55. The number of fused-ring (bicyclic) bond motifs is 3. The van der Waals surface area contributed by atoms with Crippen LogP contribution in [0.3, 0.4) is 0 Å². The van der Waals surface area contributed by atoms with Crippen molar-refractivity contribution in [2.75, 3.05) is 39.3 Å². The van der Waals surface area contributed by atoms with E-state index in [2.05, 4.69) is 37.5 Å². The quantitative estimate of drug-likeness (QED) is 0.113. The average molecular weight is 646 g/mol. The second-order valence-electron chi connectivity index (χ2n) is 11.7. The van der Waals surface area contributed by atoms with E-state index in [-0.39, 0.29) is 30.4 Å². The van der Waals surface area contributed by atoms with Gasteiger partial charge in [0, 0.05) is 0 Å². The SMILES string of the molecule is CCCN(CCC)CCCc1c(CCCN(CCC)CCC)c2c3c(cccc3c1C(=O)O)-c1ccc(C(=O)O)cc1-2.Cl.Cl. The van der Waals surface area contributed by atoms with Gasteiger partial charge in [-0.1, -0.05) is 52.0 Å². The summed E-state index contributed by atoms with van der Waals surface area (Å²) in [5, 5.41) is 22.2. The highest BCUT2D eigenvalue weighted by Gasteiger charge is 2.31. The van der Waals surface area contributed by atoms with Crippen LogP contribution in [0.4, 0.5) is 0 Å². The fourth-order valence-corrected chi connectivity index (χ4v) is 6.98. The third kappa shape index (κ3) is 8.14. The number of benzene rings is 3. The molecule has 3 aromatic carbocycles. The van der Waals surface area contributed by atoms with Crippen molar-refractivity contribution in [2.45, 2.75) is 79.1 Å². The summed E-state index contributed by atoms with van der Waals surface area (Å²) in [5.74, 6) is -1.83. The van der Waals surface area contributed by atoms with Gasteiger partial charge in [-0.25, -0.2) is 9.59 Å². The van der Waals surface area contributed by atoms with Crippen LogP contribution in [-0.2, 0) is 12.8 Å². The van der Waals surface area contributed by atoms with E-state index in [0.717, 1.165) is 128 Å². The molecule has 4 rings (SSSR count). The zero-order valence-electron chi connectivity index (χ0n) is 26.8. The van der Waals surface area contributed by atoms with Crippen molar-refractivity contribution >= 4 is 47.5 Å². The summed E-state index contributed by atoms with van der Waals surface area (Å²) in [6.45, 7) is 15.0. The van der Waals surface area contributed by atoms with Crippen LogP contribution in [0.1, 0.15) is 98.1 Å². The number of aromatic carboxylic acids is 2. The first kappa shape index (κ1) is 37.5. The second-order valence-corrected chi connectivity index (χ2v) is 11.7. The Bertz CT molecular complexity index is 1410. The van der Waals surface area contributed by atoms with Gasteiger partial charge in [0.1, 0.15) is 0 Å². The fourth-order valence-electron chi connectivity index (χ4n) is 6.98. The fraction of sp³-hybridized carbons (Fsp3) is 0.500. The van der Waals surface area contributed by atoms with Crippen LogP contribution in [0.5, 0.6) is 0 Å². The summed E-state index contributed by atoms with van der Waals surface area (Å²) < 4.78 is 0. The van der Waals surface area contributed by atoms with Gasteiger partial charge in [0.25, 0.3) is 0 Å². The maximum Gasteiger partial charge on any atom is 0.336 e. The second kappa shape index (κ2) is 17.7. The molecule has 2 N–H and O–H groups in total. The van der Waals surface area contributed by atoms with Gasteiger partial charge >= 0.3 is 11.9 Å². The van der Waals surface area contributed by atoms with Crippen LogP contribution in [0, 0.1) is 0 Å². The van der Waals surface area contributed by atoms with Crippen LogP contribution >= 0.6 is 24.8 Å². The zero-order valence-corrected chi connectivity index (χ0v) is 28.4. The van der Waals surface area contributed by atoms with E-state index >= 15 is 0 Å². The molecule has 0 saturated carbocycles. The molecular weight excluding hydrogens is 595 g/mol. The highest BCUT2D eigenvalue weighted by Crippen LogP contribution is 2.51. The Morgan fingerprint density at radius 3 is 1.68 bits per heavy atom. The molecule has 0 atom stereocenters. The standard InChI is InChI=1S/C36H48N2O4.2ClH/c1-5-18-37(19-6-2)22-10-14-28-29(15-11-23-38(20-7-3)21-8-4)34(36(41)42)30-13-9-12-27-26-17-16-25(35(39)40)24-31(26)33(28)32(27)30;;/h9,12-13,16-17,24H,5-8,10-11,14-15,18-23H2,1-4H3,(H,39,40)(H,41,42);2*1H. The lowest BCUT2D eigenvalue weighted by Gasteiger charge is -2.24. The Hall–Kier alpha value is -2.64. The number of carboxylic acid groups (broad SMARTS) is 2. The number of nitrogens with zero attached hydrogens (tertiary/aromatic N) is 2. The maximum atomic E-state index is 13.0. The van der Waals surface area contributed by atoms with E-state index in [1.807, 2.05) is 24.3 Å². The molecule has 0 amide bonds. The van der Waals surface area contributed by atoms with Crippen molar-refractivity contribution in [2.24, 2.45) is 0 Å². The Kier molecular flexibility index (Phi) is 15.1. The van der Waals surface area contributed by atoms with Gasteiger partial charge in [0.2, 0.25) is 0 Å². The Morgan fingerprint density at radius 1 is 0.636 bits per heavy atom. The summed E-state index contributed by atoms with van der Waals surface area (Å²) >= 11 is 0. The average Bonchev–Trinajstić information content (AvgIpc) is 3.29. The lowest BCUT2D eigenvalue weighted by atomic mass is 9.84. The molecule has 44 heavy (non-hydrogen) atoms. The van der Waals surface area contributed by atoms with Crippen LogP contribution in [0.15, 0.2) is 36.4 Å². The smallest absolute Gasteiger partial charge is 0.336 e. The molecule has 0 fully saturated rings. The van der Waals surface area contributed by atoms with Gasteiger partial charge < -0.3 is 20.0 Å². The summed E-state index contributed by atoms with van der Waals surface area (Å²) in [4.78, 5) is 30.0. The van der Waals surface area contributed by atoms with Crippen molar-refractivity contribution in [3.8, 4) is 22.3 Å². The first-order valence-corrected chi connectivity index (χ1v) is 16.0. The summed E-state index contributed by atoms with van der Waals surface area (Å²) in [6.07, 6.45) is 7.69. The van der Waals surface area contributed by atoms with Crippen molar-refractivity contribution in [3.63, 3.8) is 0 Å². The molecule has 0 spiro atoms. The van der Waals surface area contributed by atoms with Crippen LogP contribution in [0.2, 0.25) is 0 Å². The minimum absolute atomic E-state index is 0. The molecular formula is C36H50Cl2N2O4. The zero-order chi connectivity index (χ0) is 30.2. The van der Waals surface area contributed by atoms with Crippen molar-refractivity contribution in [3.05, 3.63) is 58.7 Å². The van der Waals surface area contributed by atoms with Crippen LogP contribution in [-0.4, -0.2) is 71.2 Å². The Balaban J connectivity index is 0.00000337. The van der Waals surface area contributed by atoms with E-state index in [1.165, 1.54) is 0 Å². The van der Waals surface area contributed by atoms with Gasteiger partial charge in [-0.15, -0.1) is 24.8 Å². The third-order valence-corrected chi connectivity index (χ3v) is 8.55. The molecule has 1 aliphatic rings. The van der Waals surface area contributed by atoms with Gasteiger partial charge in [-0.2, -0.15) is 0 Å². The number of carboxylic acids is 2. The van der Waals surface area contributed by atoms with Crippen molar-refractivity contribution in [1.82, 2.24) is 9.80 Å². The van der Waals surface area contributed by atoms with Crippen molar-refractivity contribution < 1.29 is 19.8 Å². The molecule has 6 nitrogen and oxygen atoms in total. The molecule has 0 aliphatic heterocycles. The van der Waals surface area contributed by atoms with Gasteiger partial charge in [0.05, 0.1) is 11.1 Å². The van der Waals surface area contributed by atoms with E-state index in [0.29, 0.717) is 12.0 Å². The van der Waals surface area contributed by atoms with Gasteiger partial charge in [-0.3, -0.25) is 0 Å². The first-order chi connectivity index (χ1) is 20.4. The van der Waals surface area contributed by atoms with Crippen LogP contribution in [0.25, 0.3) is 33.0 Å². The molecule has 8 heteroatoms. The normalized spacial score (nSPS) is 11.5. The lowest BCUT2D eigenvalue weighted by molar-refractivity contribution is 0.0686. The summed E-state index contributed by atoms with van der Waals surface area (Å²) in [6, 6.07) is 11.3. The number of rotatable bonds is 18. The molecule has 0 heterocycles. The number of carbonyl (C=O) groups is 2. The van der Waals surface area contributed by atoms with Gasteiger partial charge in [-0.05, 0) is 147 Å². The highest BCUT2D eigenvalue weighted by atomic mass is 35.5. The minimum Gasteiger partial charge on any atom is -0.478 e. The molecule has 0 saturated heterocycles. The van der Waals surface area contributed by atoms with E-state index in [1.54, 1.807) is 12.1 Å². The predicted molar refractivity (Wildman–Crippen MR) is 187 cm³/mol. The monoisotopic (exact) mass is 644 g/mol. The topological polar surface area (TPSA) is 81.1 Å². The molecule has 3 aromatic rings. The molecule has 0 bridgehead atoms. The minimum atomic E-state index is -0.948. The summed E-state index contributed by atoms with van der Waals surface area (Å²) in [5.41, 5.74) is 6.68. The van der Waals surface area contributed by atoms with Crippen molar-refractivity contribution in [1.29, 1.82) is 0 Å². The Labute approximate surface area is 275 Å². The predicted octanol–water partition coefficient (Wildman–Crippen LogP) is 8.84. The number of hydrogen-bond donors (Lipinski definition) is 2. The van der Waals surface area contributed by atoms with E-state index in [4.69, 9.17) is 0 Å². The number of hydrogen-bond acceptors (Lipinski definition) is 4. The van der Waals surface area contributed by atoms with Gasteiger partial charge in [0.15, 0.2) is 0 Å². The largest absolute Gasteiger partial charge is 0.478 e. The maximum absolute atomic E-state index is 13.0. The molecule has 0 radical (unpaired) electrons. The van der Waals surface area contributed by atoms with E-state index < -0.39 is 11.9 Å². The lowest BCUT2D eigenvalue weighted by Crippen LogP contribution is -2.27. The highest BCUT2D eigenvalue weighted by molar-refractivity contribution is 6.21. The molecule has 1 aliphatic carbocycles. The molecule has 242 valence electrons. The Morgan fingerprint density at radius 2 is 1.18 bits per heavy atom.